The van der Waals surface area contributed by atoms with Crippen LogP contribution in [0, 0.1) is 6.92 Å². The van der Waals surface area contributed by atoms with Gasteiger partial charge in [-0.15, -0.1) is 0 Å². The number of aryl methyl sites for hydroxylation is 1. The van der Waals surface area contributed by atoms with E-state index in [2.05, 4.69) is 4.98 Å². The number of benzene rings is 1. The van der Waals surface area contributed by atoms with Crippen LogP contribution in [0.2, 0.25) is 0 Å². The average Bonchev–Trinajstić information content (AvgIpc) is 2.19. The summed E-state index contributed by atoms with van der Waals surface area (Å²) in [5.41, 5.74) is 2.69. The van der Waals surface area contributed by atoms with Crippen molar-refractivity contribution in [3.8, 4) is 11.1 Å². The van der Waals surface area contributed by atoms with Crippen LogP contribution in [0.1, 0.15) is 5.69 Å². The van der Waals surface area contributed by atoms with E-state index in [1.165, 1.54) is 0 Å². The number of rotatable bonds is 1. The molecule has 2 heteroatoms. The molecule has 0 saturated heterocycles. The summed E-state index contributed by atoms with van der Waals surface area (Å²) in [5, 5.41) is 0. The van der Waals surface area contributed by atoms with Gasteiger partial charge in [0.2, 0.25) is 0 Å². The van der Waals surface area contributed by atoms with Crippen molar-refractivity contribution < 1.29 is 0 Å². The van der Waals surface area contributed by atoms with Crippen LogP contribution in [0.5, 0.6) is 0 Å². The van der Waals surface area contributed by atoms with Crippen LogP contribution in [0.3, 0.4) is 0 Å². The molecular formula is C12H11NO. The van der Waals surface area contributed by atoms with Crippen molar-refractivity contribution in [2.75, 3.05) is 0 Å². The van der Waals surface area contributed by atoms with Gasteiger partial charge in [-0.3, -0.25) is 4.79 Å². The van der Waals surface area contributed by atoms with Gasteiger partial charge in [-0.1, -0.05) is 30.3 Å². The summed E-state index contributed by atoms with van der Waals surface area (Å²) in [7, 11) is 0. The third kappa shape index (κ3) is 1.46. The molecular weight excluding hydrogens is 174 g/mol. The smallest absolute Gasteiger partial charge is 0.189 e. The van der Waals surface area contributed by atoms with Crippen molar-refractivity contribution >= 4 is 0 Å². The van der Waals surface area contributed by atoms with Gasteiger partial charge in [-0.2, -0.15) is 0 Å². The van der Waals surface area contributed by atoms with E-state index in [1.54, 1.807) is 12.3 Å². The minimum Gasteiger partial charge on any atom is -0.364 e. The second kappa shape index (κ2) is 3.50. The highest BCUT2D eigenvalue weighted by molar-refractivity contribution is 5.65. The van der Waals surface area contributed by atoms with E-state index in [-0.39, 0.29) is 5.43 Å². The number of H-pyrrole nitrogens is 1. The second-order valence-electron chi connectivity index (χ2n) is 3.21. The Morgan fingerprint density at radius 3 is 2.43 bits per heavy atom. The van der Waals surface area contributed by atoms with Crippen LogP contribution >= 0.6 is 0 Å². The van der Waals surface area contributed by atoms with Gasteiger partial charge < -0.3 is 4.98 Å². The van der Waals surface area contributed by atoms with Gasteiger partial charge in [0, 0.05) is 23.5 Å². The van der Waals surface area contributed by atoms with E-state index in [4.69, 9.17) is 0 Å². The molecule has 14 heavy (non-hydrogen) atoms. The van der Waals surface area contributed by atoms with E-state index in [1.807, 2.05) is 37.3 Å². The van der Waals surface area contributed by atoms with E-state index < -0.39 is 0 Å². The Morgan fingerprint density at radius 2 is 1.79 bits per heavy atom. The fourth-order valence-corrected chi connectivity index (χ4v) is 1.55. The summed E-state index contributed by atoms with van der Waals surface area (Å²) in [6.07, 6.45) is 1.67. The van der Waals surface area contributed by atoms with Crippen LogP contribution in [0.25, 0.3) is 11.1 Å². The van der Waals surface area contributed by atoms with Gasteiger partial charge in [-0.25, -0.2) is 0 Å². The van der Waals surface area contributed by atoms with E-state index in [0.29, 0.717) is 0 Å². The second-order valence-corrected chi connectivity index (χ2v) is 3.21. The molecule has 0 bridgehead atoms. The highest BCUT2D eigenvalue weighted by Crippen LogP contribution is 2.16. The third-order valence-electron chi connectivity index (χ3n) is 2.22. The molecule has 1 aromatic carbocycles. The van der Waals surface area contributed by atoms with Crippen molar-refractivity contribution in [2.45, 2.75) is 6.92 Å². The summed E-state index contributed by atoms with van der Waals surface area (Å²) in [6, 6.07) is 11.2. The minimum atomic E-state index is 0.0625. The predicted molar refractivity (Wildman–Crippen MR) is 57.2 cm³/mol. The average molecular weight is 185 g/mol. The molecule has 0 aliphatic rings. The molecule has 2 rings (SSSR count). The Labute approximate surface area is 82.2 Å². The number of nitrogens with one attached hydrogen (secondary N) is 1. The molecule has 1 aromatic heterocycles. The van der Waals surface area contributed by atoms with Gasteiger partial charge in [0.05, 0.1) is 0 Å². The molecule has 0 atom stereocenters. The van der Waals surface area contributed by atoms with Gasteiger partial charge in [0.25, 0.3) is 0 Å². The van der Waals surface area contributed by atoms with Crippen LogP contribution in [0.15, 0.2) is 47.4 Å². The van der Waals surface area contributed by atoms with Crippen LogP contribution in [-0.4, -0.2) is 4.98 Å². The molecule has 0 fully saturated rings. The van der Waals surface area contributed by atoms with E-state index in [0.717, 1.165) is 16.8 Å². The monoisotopic (exact) mass is 185 g/mol. The fraction of sp³-hybridized carbons (Fsp3) is 0.0833. The fourth-order valence-electron chi connectivity index (χ4n) is 1.55. The highest BCUT2D eigenvalue weighted by Gasteiger charge is 2.04. The lowest BCUT2D eigenvalue weighted by Crippen LogP contribution is -2.05. The Kier molecular flexibility index (Phi) is 2.19. The lowest BCUT2D eigenvalue weighted by Gasteiger charge is -2.03. The van der Waals surface area contributed by atoms with Crippen molar-refractivity contribution in [1.82, 2.24) is 4.98 Å². The Morgan fingerprint density at radius 1 is 1.07 bits per heavy atom. The molecule has 70 valence electrons. The lowest BCUT2D eigenvalue weighted by atomic mass is 10.0. The van der Waals surface area contributed by atoms with Crippen molar-refractivity contribution in [1.29, 1.82) is 0 Å². The maximum absolute atomic E-state index is 11.6. The topological polar surface area (TPSA) is 32.9 Å². The third-order valence-corrected chi connectivity index (χ3v) is 2.22. The van der Waals surface area contributed by atoms with Crippen molar-refractivity contribution in [3.63, 3.8) is 0 Å². The maximum Gasteiger partial charge on any atom is 0.189 e. The van der Waals surface area contributed by atoms with Gasteiger partial charge in [0.1, 0.15) is 0 Å². The zero-order valence-electron chi connectivity index (χ0n) is 7.95. The number of pyridine rings is 1. The predicted octanol–water partition coefficient (Wildman–Crippen LogP) is 2.35. The number of hydrogen-bond donors (Lipinski definition) is 1. The van der Waals surface area contributed by atoms with Crippen molar-refractivity contribution in [3.05, 3.63) is 58.5 Å². The van der Waals surface area contributed by atoms with E-state index in [9.17, 15) is 4.79 Å². The Hall–Kier alpha value is -1.83. The summed E-state index contributed by atoms with van der Waals surface area (Å²) >= 11 is 0. The molecule has 0 aliphatic heterocycles. The molecule has 2 aromatic rings. The molecule has 1 heterocycles. The number of hydrogen-bond acceptors (Lipinski definition) is 1. The zero-order chi connectivity index (χ0) is 9.97. The number of aromatic nitrogens is 1. The number of aromatic amines is 1. The SMILES string of the molecule is Cc1[nH]ccc(=O)c1-c1ccccc1. The molecule has 1 N–H and O–H groups in total. The Balaban J connectivity index is 2.69. The van der Waals surface area contributed by atoms with Crippen LogP contribution in [-0.2, 0) is 0 Å². The van der Waals surface area contributed by atoms with Gasteiger partial charge in [-0.05, 0) is 12.5 Å². The normalized spacial score (nSPS) is 10.1. The quantitative estimate of drug-likeness (QED) is 0.726. The van der Waals surface area contributed by atoms with Crippen LogP contribution in [0.4, 0.5) is 0 Å². The van der Waals surface area contributed by atoms with Gasteiger partial charge in [0.15, 0.2) is 5.43 Å². The molecule has 0 radical (unpaired) electrons. The summed E-state index contributed by atoms with van der Waals surface area (Å²) in [4.78, 5) is 14.7. The molecule has 2 nitrogen and oxygen atoms in total. The lowest BCUT2D eigenvalue weighted by molar-refractivity contribution is 1.19. The molecule has 0 aliphatic carbocycles. The Bertz CT molecular complexity index is 485. The zero-order valence-corrected chi connectivity index (χ0v) is 7.95. The van der Waals surface area contributed by atoms with Crippen LogP contribution < -0.4 is 5.43 Å². The molecule has 0 unspecified atom stereocenters. The first-order chi connectivity index (χ1) is 6.79. The highest BCUT2D eigenvalue weighted by atomic mass is 16.1. The first-order valence-corrected chi connectivity index (χ1v) is 4.53. The first-order valence-electron chi connectivity index (χ1n) is 4.53. The summed E-state index contributed by atoms with van der Waals surface area (Å²) < 4.78 is 0. The minimum absolute atomic E-state index is 0.0625. The summed E-state index contributed by atoms with van der Waals surface area (Å²) in [6.45, 7) is 1.91. The standard InChI is InChI=1S/C12H11NO/c1-9-12(11(14)7-8-13-9)10-5-3-2-4-6-10/h2-8H,1H3,(H,13,14). The van der Waals surface area contributed by atoms with Crippen molar-refractivity contribution in [2.24, 2.45) is 0 Å². The first kappa shape index (κ1) is 8.75. The molecule has 0 spiro atoms. The van der Waals surface area contributed by atoms with Gasteiger partial charge >= 0.3 is 0 Å². The van der Waals surface area contributed by atoms with E-state index >= 15 is 0 Å². The largest absolute Gasteiger partial charge is 0.364 e. The summed E-state index contributed by atoms with van der Waals surface area (Å²) in [5.74, 6) is 0. The molecule has 0 amide bonds. The maximum atomic E-state index is 11.6. The molecule has 0 saturated carbocycles.